The second kappa shape index (κ2) is 9.74. The van der Waals surface area contributed by atoms with E-state index in [1.807, 2.05) is 19.9 Å². The summed E-state index contributed by atoms with van der Waals surface area (Å²) in [5, 5.41) is 0. The highest BCUT2D eigenvalue weighted by atomic mass is 14.1. The number of allylic oxidation sites excluding steroid dienone is 1. The third-order valence-corrected chi connectivity index (χ3v) is 1.94. The maximum atomic E-state index is 3.73. The van der Waals surface area contributed by atoms with Crippen LogP contribution in [0.2, 0.25) is 0 Å². The van der Waals surface area contributed by atoms with E-state index >= 15 is 0 Å². The second-order valence-electron chi connectivity index (χ2n) is 2.94. The van der Waals surface area contributed by atoms with Gasteiger partial charge in [0.25, 0.3) is 0 Å². The van der Waals surface area contributed by atoms with Crippen LogP contribution in [0.4, 0.5) is 0 Å². The lowest BCUT2D eigenvalue weighted by atomic mass is 9.90. The molecule has 1 atom stereocenters. The smallest absolute Gasteiger partial charge is 0.0323 e. The van der Waals surface area contributed by atoms with Crippen LogP contribution >= 0.6 is 0 Å². The van der Waals surface area contributed by atoms with Crippen molar-refractivity contribution in [2.24, 2.45) is 11.8 Å². The topological polar surface area (TPSA) is 0 Å². The predicted molar refractivity (Wildman–Crippen MR) is 54.8 cm³/mol. The zero-order valence-electron chi connectivity index (χ0n) is 8.85. The number of hydrogen-bond acceptors (Lipinski definition) is 0. The van der Waals surface area contributed by atoms with E-state index < -0.39 is 0 Å². The van der Waals surface area contributed by atoms with Gasteiger partial charge in [-0.2, -0.15) is 0 Å². The van der Waals surface area contributed by atoms with Gasteiger partial charge >= 0.3 is 0 Å². The Morgan fingerprint density at radius 1 is 1.27 bits per heavy atom. The molecule has 0 bridgehead atoms. The number of rotatable bonds is 4. The molecule has 0 fully saturated rings. The summed E-state index contributed by atoms with van der Waals surface area (Å²) < 4.78 is 0. The fraction of sp³-hybridized carbons (Fsp3) is 0.818. The van der Waals surface area contributed by atoms with E-state index in [1.165, 1.54) is 12.8 Å². The first-order valence-electron chi connectivity index (χ1n) is 4.83. The largest absolute Gasteiger partial charge is 0.103 e. The third-order valence-electron chi connectivity index (χ3n) is 1.94. The summed E-state index contributed by atoms with van der Waals surface area (Å²) in [6.45, 7) is 14.5. The Bertz CT molecular complexity index is 72.1. The fourth-order valence-corrected chi connectivity index (χ4v) is 1.12. The van der Waals surface area contributed by atoms with Gasteiger partial charge in [0.1, 0.15) is 0 Å². The fourth-order valence-electron chi connectivity index (χ4n) is 1.12. The van der Waals surface area contributed by atoms with E-state index in [0.717, 1.165) is 11.8 Å². The molecule has 11 heavy (non-hydrogen) atoms. The Kier molecular flexibility index (Phi) is 11.8. The van der Waals surface area contributed by atoms with E-state index in [9.17, 15) is 0 Å². The molecule has 0 nitrogen and oxygen atoms in total. The van der Waals surface area contributed by atoms with E-state index in [1.54, 1.807) is 0 Å². The van der Waals surface area contributed by atoms with Crippen molar-refractivity contribution in [2.75, 3.05) is 0 Å². The molecule has 0 heteroatoms. The summed E-state index contributed by atoms with van der Waals surface area (Å²) in [4.78, 5) is 0. The average molecular weight is 156 g/mol. The Balaban J connectivity index is 0. The molecule has 0 heterocycles. The molecule has 0 aliphatic heterocycles. The van der Waals surface area contributed by atoms with Crippen LogP contribution in [0.5, 0.6) is 0 Å². The minimum absolute atomic E-state index is 0.813. The van der Waals surface area contributed by atoms with Crippen LogP contribution in [0.15, 0.2) is 12.7 Å². The quantitative estimate of drug-likeness (QED) is 0.533. The first kappa shape index (κ1) is 13.3. The minimum Gasteiger partial charge on any atom is -0.103 e. The summed E-state index contributed by atoms with van der Waals surface area (Å²) in [5.41, 5.74) is 0. The summed E-state index contributed by atoms with van der Waals surface area (Å²) in [7, 11) is 0. The third kappa shape index (κ3) is 7.64. The Morgan fingerprint density at radius 3 is 1.82 bits per heavy atom. The molecule has 1 unspecified atom stereocenters. The molecule has 0 rings (SSSR count). The Labute approximate surface area is 72.7 Å². The van der Waals surface area contributed by atoms with Crippen LogP contribution in [-0.4, -0.2) is 0 Å². The van der Waals surface area contributed by atoms with Crippen LogP contribution in [0.25, 0.3) is 0 Å². The van der Waals surface area contributed by atoms with Crippen molar-refractivity contribution in [3.05, 3.63) is 12.7 Å². The molecule has 0 aliphatic rings. The highest BCUT2D eigenvalue weighted by Crippen LogP contribution is 2.18. The highest BCUT2D eigenvalue weighted by Gasteiger charge is 2.07. The first-order valence-corrected chi connectivity index (χ1v) is 4.83. The van der Waals surface area contributed by atoms with Crippen molar-refractivity contribution in [1.82, 2.24) is 0 Å². The van der Waals surface area contributed by atoms with E-state index in [-0.39, 0.29) is 0 Å². The molecule has 0 N–H and O–H groups in total. The molecule has 0 saturated carbocycles. The van der Waals surface area contributed by atoms with Crippen LogP contribution in [0, 0.1) is 11.8 Å². The molecule has 0 saturated heterocycles. The van der Waals surface area contributed by atoms with Gasteiger partial charge in [0, 0.05) is 0 Å². The predicted octanol–water partition coefficient (Wildman–Crippen LogP) is 4.27. The van der Waals surface area contributed by atoms with E-state index in [2.05, 4.69) is 27.4 Å². The van der Waals surface area contributed by atoms with E-state index in [4.69, 9.17) is 0 Å². The van der Waals surface area contributed by atoms with Crippen LogP contribution in [0.3, 0.4) is 0 Å². The molecule has 0 spiro atoms. The van der Waals surface area contributed by atoms with Gasteiger partial charge in [-0.15, -0.1) is 6.58 Å². The summed E-state index contributed by atoms with van der Waals surface area (Å²) in [5.74, 6) is 1.66. The molecule has 0 amide bonds. The van der Waals surface area contributed by atoms with Gasteiger partial charge in [-0.05, 0) is 18.3 Å². The SMILES string of the molecule is C=CCC(CC)C(C)C.CC. The van der Waals surface area contributed by atoms with Gasteiger partial charge in [0.2, 0.25) is 0 Å². The lowest BCUT2D eigenvalue weighted by Crippen LogP contribution is -2.05. The maximum absolute atomic E-state index is 3.73. The van der Waals surface area contributed by atoms with Gasteiger partial charge in [0.15, 0.2) is 0 Å². The average Bonchev–Trinajstić information content (AvgIpc) is 2.03. The highest BCUT2D eigenvalue weighted by molar-refractivity contribution is 4.73. The van der Waals surface area contributed by atoms with Crippen molar-refractivity contribution in [3.8, 4) is 0 Å². The van der Waals surface area contributed by atoms with Crippen molar-refractivity contribution < 1.29 is 0 Å². The Morgan fingerprint density at radius 2 is 1.73 bits per heavy atom. The van der Waals surface area contributed by atoms with Gasteiger partial charge in [-0.3, -0.25) is 0 Å². The molecular formula is C11H24. The van der Waals surface area contributed by atoms with Crippen LogP contribution in [0.1, 0.15) is 47.5 Å². The first-order chi connectivity index (χ1) is 5.22. The van der Waals surface area contributed by atoms with Gasteiger partial charge < -0.3 is 0 Å². The van der Waals surface area contributed by atoms with Crippen molar-refractivity contribution in [2.45, 2.75) is 47.5 Å². The Hall–Kier alpha value is -0.260. The van der Waals surface area contributed by atoms with Crippen molar-refractivity contribution in [3.63, 3.8) is 0 Å². The summed E-state index contributed by atoms with van der Waals surface area (Å²) >= 11 is 0. The van der Waals surface area contributed by atoms with Crippen LogP contribution < -0.4 is 0 Å². The molecular weight excluding hydrogens is 132 g/mol. The lowest BCUT2D eigenvalue weighted by Gasteiger charge is -2.15. The second-order valence-corrected chi connectivity index (χ2v) is 2.94. The molecule has 68 valence electrons. The molecule has 0 aliphatic carbocycles. The normalized spacial score (nSPS) is 11.8. The minimum atomic E-state index is 0.813. The molecule has 0 aromatic heterocycles. The summed E-state index contributed by atoms with van der Waals surface area (Å²) in [6.07, 6.45) is 4.48. The van der Waals surface area contributed by atoms with Gasteiger partial charge in [-0.1, -0.05) is 47.1 Å². The van der Waals surface area contributed by atoms with Crippen molar-refractivity contribution in [1.29, 1.82) is 0 Å². The van der Waals surface area contributed by atoms with Gasteiger partial charge in [0.05, 0.1) is 0 Å². The number of hydrogen-bond donors (Lipinski definition) is 0. The standard InChI is InChI=1S/C9H18.C2H6/c1-5-7-9(6-2)8(3)4;1-2/h5,8-9H,1,6-7H2,2-4H3;1-2H3. The summed E-state index contributed by atoms with van der Waals surface area (Å²) in [6, 6.07) is 0. The maximum Gasteiger partial charge on any atom is -0.0323 e. The molecule has 0 aromatic carbocycles. The van der Waals surface area contributed by atoms with Crippen LogP contribution in [-0.2, 0) is 0 Å². The lowest BCUT2D eigenvalue weighted by molar-refractivity contribution is 0.377. The van der Waals surface area contributed by atoms with Gasteiger partial charge in [-0.25, -0.2) is 0 Å². The zero-order chi connectivity index (χ0) is 9.28. The zero-order valence-corrected chi connectivity index (χ0v) is 8.85. The van der Waals surface area contributed by atoms with Crippen molar-refractivity contribution >= 4 is 0 Å². The monoisotopic (exact) mass is 156 g/mol. The molecule has 0 radical (unpaired) electrons. The van der Waals surface area contributed by atoms with E-state index in [0.29, 0.717) is 0 Å². The molecule has 0 aromatic rings.